The number of hydrogen-bond donors (Lipinski definition) is 1. The van der Waals surface area contributed by atoms with Crippen LogP contribution >= 0.6 is 11.6 Å². The van der Waals surface area contributed by atoms with E-state index in [1.165, 1.54) is 6.92 Å². The number of amides is 1. The van der Waals surface area contributed by atoms with Gasteiger partial charge < -0.3 is 10.1 Å². The fraction of sp³-hybridized carbons (Fsp3) is 0.176. The monoisotopic (exact) mass is 371 g/mol. The number of carbonyl (C=O) groups excluding carboxylic acids is 2. The lowest BCUT2D eigenvalue weighted by molar-refractivity contribution is -0.137. The summed E-state index contributed by atoms with van der Waals surface area (Å²) in [6.45, 7) is 1.35. The van der Waals surface area contributed by atoms with E-state index in [1.54, 1.807) is 24.3 Å². The van der Waals surface area contributed by atoms with Crippen LogP contribution in [0.4, 0.5) is 18.9 Å². The van der Waals surface area contributed by atoms with Crippen LogP contribution < -0.4 is 5.32 Å². The van der Waals surface area contributed by atoms with E-state index in [9.17, 15) is 22.8 Å². The maximum Gasteiger partial charge on any atom is 0.416 e. The zero-order valence-corrected chi connectivity index (χ0v) is 13.7. The minimum Gasteiger partial charge on any atom is -0.449 e. The number of benzene rings is 2. The Labute approximate surface area is 146 Å². The van der Waals surface area contributed by atoms with Crippen LogP contribution in [0.5, 0.6) is 0 Å². The quantitative estimate of drug-likeness (QED) is 0.803. The molecule has 0 radical (unpaired) electrons. The lowest BCUT2D eigenvalue weighted by atomic mass is 10.1. The molecule has 0 aliphatic rings. The highest BCUT2D eigenvalue weighted by Gasteiger charge is 2.30. The van der Waals surface area contributed by atoms with Gasteiger partial charge in [-0.15, -0.1) is 0 Å². The zero-order chi connectivity index (χ0) is 18.6. The van der Waals surface area contributed by atoms with Crippen LogP contribution in [0.3, 0.4) is 0 Å². The molecule has 0 aliphatic carbocycles. The van der Waals surface area contributed by atoms with Gasteiger partial charge in [0, 0.05) is 10.7 Å². The first-order valence-electron chi connectivity index (χ1n) is 7.11. The first kappa shape index (κ1) is 18.8. The van der Waals surface area contributed by atoms with Gasteiger partial charge in [-0.25, -0.2) is 4.79 Å². The maximum atomic E-state index is 12.5. The normalized spacial score (nSPS) is 12.4. The van der Waals surface area contributed by atoms with E-state index in [0.29, 0.717) is 10.7 Å². The fourth-order valence-corrected chi connectivity index (χ4v) is 1.98. The van der Waals surface area contributed by atoms with Crippen molar-refractivity contribution >= 4 is 29.2 Å². The molecule has 4 nitrogen and oxygen atoms in total. The summed E-state index contributed by atoms with van der Waals surface area (Å²) in [4.78, 5) is 23.9. The fourth-order valence-electron chi connectivity index (χ4n) is 1.85. The van der Waals surface area contributed by atoms with Crippen molar-refractivity contribution < 1.29 is 27.5 Å². The third-order valence-electron chi connectivity index (χ3n) is 3.21. The summed E-state index contributed by atoms with van der Waals surface area (Å²) in [6.07, 6.45) is -5.63. The molecule has 0 saturated heterocycles. The summed E-state index contributed by atoms with van der Waals surface area (Å²) < 4.78 is 42.4. The van der Waals surface area contributed by atoms with Crippen LogP contribution in [0.2, 0.25) is 5.02 Å². The largest absolute Gasteiger partial charge is 0.449 e. The van der Waals surface area contributed by atoms with E-state index in [0.717, 1.165) is 24.3 Å². The van der Waals surface area contributed by atoms with Gasteiger partial charge in [0.15, 0.2) is 6.10 Å². The van der Waals surface area contributed by atoms with E-state index >= 15 is 0 Å². The molecule has 0 spiro atoms. The minimum absolute atomic E-state index is 0.0841. The Balaban J connectivity index is 1.97. The molecule has 2 aromatic carbocycles. The number of hydrogen-bond acceptors (Lipinski definition) is 3. The minimum atomic E-state index is -4.49. The van der Waals surface area contributed by atoms with Crippen molar-refractivity contribution in [2.45, 2.75) is 19.2 Å². The van der Waals surface area contributed by atoms with Gasteiger partial charge in [0.1, 0.15) is 0 Å². The van der Waals surface area contributed by atoms with Crippen molar-refractivity contribution in [2.75, 3.05) is 5.32 Å². The van der Waals surface area contributed by atoms with E-state index < -0.39 is 29.7 Å². The first-order valence-corrected chi connectivity index (χ1v) is 7.49. The molecule has 0 heterocycles. The summed E-state index contributed by atoms with van der Waals surface area (Å²) in [7, 11) is 0. The highest BCUT2D eigenvalue weighted by atomic mass is 35.5. The Morgan fingerprint density at radius 1 is 1.04 bits per heavy atom. The maximum absolute atomic E-state index is 12.5. The Kier molecular flexibility index (Phi) is 5.69. The summed E-state index contributed by atoms with van der Waals surface area (Å²) in [5.74, 6) is -1.48. The van der Waals surface area contributed by atoms with Gasteiger partial charge in [-0.1, -0.05) is 11.6 Å². The van der Waals surface area contributed by atoms with Gasteiger partial charge in [-0.2, -0.15) is 13.2 Å². The second-order valence-electron chi connectivity index (χ2n) is 5.12. The Morgan fingerprint density at radius 2 is 1.60 bits per heavy atom. The molecular formula is C17H13ClF3NO3. The van der Waals surface area contributed by atoms with Crippen LogP contribution in [0, 0.1) is 0 Å². The molecule has 0 bridgehead atoms. The van der Waals surface area contributed by atoms with Crippen molar-refractivity contribution in [3.05, 3.63) is 64.7 Å². The van der Waals surface area contributed by atoms with Crippen LogP contribution in [0.25, 0.3) is 0 Å². The molecule has 0 aromatic heterocycles. The van der Waals surface area contributed by atoms with Gasteiger partial charge >= 0.3 is 12.1 Å². The van der Waals surface area contributed by atoms with Crippen LogP contribution in [0.15, 0.2) is 48.5 Å². The van der Waals surface area contributed by atoms with E-state index in [4.69, 9.17) is 16.3 Å². The molecule has 2 rings (SSSR count). The summed E-state index contributed by atoms with van der Waals surface area (Å²) in [5.41, 5.74) is -0.497. The predicted octanol–water partition coefficient (Wildman–Crippen LogP) is 4.54. The van der Waals surface area contributed by atoms with Crippen LogP contribution in [-0.2, 0) is 15.7 Å². The second kappa shape index (κ2) is 7.57. The van der Waals surface area contributed by atoms with Crippen molar-refractivity contribution in [1.82, 2.24) is 0 Å². The molecular weight excluding hydrogens is 359 g/mol. The molecule has 25 heavy (non-hydrogen) atoms. The molecule has 8 heteroatoms. The molecule has 0 saturated carbocycles. The van der Waals surface area contributed by atoms with Gasteiger partial charge in [0.25, 0.3) is 5.91 Å². The number of halogens is 4. The number of alkyl halides is 3. The van der Waals surface area contributed by atoms with Gasteiger partial charge in [-0.05, 0) is 55.5 Å². The Morgan fingerprint density at radius 3 is 2.12 bits per heavy atom. The van der Waals surface area contributed by atoms with Crippen LogP contribution in [-0.4, -0.2) is 18.0 Å². The lowest BCUT2D eigenvalue weighted by Crippen LogP contribution is -2.30. The highest BCUT2D eigenvalue weighted by molar-refractivity contribution is 6.30. The lowest BCUT2D eigenvalue weighted by Gasteiger charge is -2.14. The summed E-state index contributed by atoms with van der Waals surface area (Å²) >= 11 is 5.73. The highest BCUT2D eigenvalue weighted by Crippen LogP contribution is 2.29. The third-order valence-corrected chi connectivity index (χ3v) is 3.46. The summed E-state index contributed by atoms with van der Waals surface area (Å²) in [5, 5.41) is 3.03. The average molecular weight is 372 g/mol. The standard InChI is InChI=1S/C17H13ClF3NO3/c1-10(15(23)22-14-8-6-13(18)7-9-14)25-16(24)11-2-4-12(5-3-11)17(19,20)21/h2-10H,1H3,(H,22,23)/t10-/m1/s1. The van der Waals surface area contributed by atoms with Gasteiger partial charge in [0.2, 0.25) is 0 Å². The molecule has 1 atom stereocenters. The Hall–Kier alpha value is -2.54. The number of esters is 1. The molecule has 1 N–H and O–H groups in total. The molecule has 0 fully saturated rings. The topological polar surface area (TPSA) is 55.4 Å². The van der Waals surface area contributed by atoms with Crippen molar-refractivity contribution in [2.24, 2.45) is 0 Å². The number of anilines is 1. The number of carbonyl (C=O) groups is 2. The average Bonchev–Trinajstić information content (AvgIpc) is 2.56. The number of nitrogens with one attached hydrogen (secondary N) is 1. The number of rotatable bonds is 4. The van der Waals surface area contributed by atoms with Gasteiger partial charge in [-0.3, -0.25) is 4.79 Å². The van der Waals surface area contributed by atoms with Crippen molar-refractivity contribution in [1.29, 1.82) is 0 Å². The molecule has 0 aliphatic heterocycles. The second-order valence-corrected chi connectivity index (χ2v) is 5.56. The van der Waals surface area contributed by atoms with Gasteiger partial charge in [0.05, 0.1) is 11.1 Å². The smallest absolute Gasteiger partial charge is 0.416 e. The predicted molar refractivity (Wildman–Crippen MR) is 86.4 cm³/mol. The van der Waals surface area contributed by atoms with Crippen molar-refractivity contribution in [3.8, 4) is 0 Å². The molecule has 132 valence electrons. The number of ether oxygens (including phenoxy) is 1. The SMILES string of the molecule is C[C@@H](OC(=O)c1ccc(C(F)(F)F)cc1)C(=O)Nc1ccc(Cl)cc1. The molecule has 2 aromatic rings. The first-order chi connectivity index (χ1) is 11.7. The summed E-state index contributed by atoms with van der Waals surface area (Å²) in [6, 6.07) is 9.84. The van der Waals surface area contributed by atoms with E-state index in [-0.39, 0.29) is 5.56 Å². The third kappa shape index (κ3) is 5.22. The zero-order valence-electron chi connectivity index (χ0n) is 12.9. The molecule has 1 amide bonds. The molecule has 0 unspecified atom stereocenters. The Bertz CT molecular complexity index is 758. The van der Waals surface area contributed by atoms with E-state index in [1.807, 2.05) is 0 Å². The van der Waals surface area contributed by atoms with E-state index in [2.05, 4.69) is 5.32 Å². The van der Waals surface area contributed by atoms with Crippen molar-refractivity contribution in [3.63, 3.8) is 0 Å². The van der Waals surface area contributed by atoms with Crippen LogP contribution in [0.1, 0.15) is 22.8 Å².